The van der Waals surface area contributed by atoms with E-state index in [0.29, 0.717) is 4.47 Å². The van der Waals surface area contributed by atoms with Crippen LogP contribution in [0.25, 0.3) is 0 Å². The van der Waals surface area contributed by atoms with Gasteiger partial charge in [0.25, 0.3) is 15.9 Å². The summed E-state index contributed by atoms with van der Waals surface area (Å²) in [6.45, 7) is 4.58. The van der Waals surface area contributed by atoms with E-state index in [1.54, 1.807) is 20.8 Å². The maximum Gasteiger partial charge on any atom is 0.338 e. The molecule has 0 aliphatic heterocycles. The van der Waals surface area contributed by atoms with E-state index in [1.165, 1.54) is 38.4 Å². The molecule has 0 bridgehead atoms. The Hall–Kier alpha value is -2.48. The highest BCUT2D eigenvalue weighted by Crippen LogP contribution is 2.16. The number of benzene rings is 1. The van der Waals surface area contributed by atoms with Gasteiger partial charge in [-0.2, -0.15) is 5.26 Å². The average Bonchev–Trinajstić information content (AvgIpc) is 2.65. The minimum absolute atomic E-state index is 0.0668. The first-order valence-electron chi connectivity index (χ1n) is 8.00. The molecule has 10 heteroatoms. The summed E-state index contributed by atoms with van der Waals surface area (Å²) in [5, 5.41) is 11.7. The summed E-state index contributed by atoms with van der Waals surface area (Å²) in [7, 11) is -1.37. The summed E-state index contributed by atoms with van der Waals surface area (Å²) < 4.78 is 29.8. The van der Waals surface area contributed by atoms with Gasteiger partial charge in [0, 0.05) is 7.05 Å². The third kappa shape index (κ3) is 5.50. The molecule has 0 aliphatic carbocycles. The number of hydrogen-bond acceptors (Lipinski definition) is 7. The third-order valence-corrected chi connectivity index (χ3v) is 5.80. The lowest BCUT2D eigenvalue weighted by Gasteiger charge is -2.27. The number of nitriles is 1. The van der Waals surface area contributed by atoms with E-state index in [2.05, 4.69) is 10.2 Å². The summed E-state index contributed by atoms with van der Waals surface area (Å²) in [6, 6.07) is 7.01. The molecular formula is C17H23N3O6S. The topological polar surface area (TPSA) is 126 Å². The van der Waals surface area contributed by atoms with Crippen LogP contribution in [-0.2, 0) is 24.4 Å². The highest BCUT2D eigenvalue weighted by molar-refractivity contribution is 7.89. The Morgan fingerprint density at radius 2 is 1.85 bits per heavy atom. The summed E-state index contributed by atoms with van der Waals surface area (Å²) in [5.74, 6) is -1.54. The smallest absolute Gasteiger partial charge is 0.338 e. The number of nitrogens with one attached hydrogen (secondary N) is 1. The molecule has 0 unspecified atom stereocenters. The van der Waals surface area contributed by atoms with E-state index in [4.69, 9.17) is 4.74 Å². The van der Waals surface area contributed by atoms with Gasteiger partial charge in [0.05, 0.1) is 23.6 Å². The Kier molecular flexibility index (Phi) is 7.47. The molecule has 1 aromatic carbocycles. The summed E-state index contributed by atoms with van der Waals surface area (Å²) >= 11 is 0. The summed E-state index contributed by atoms with van der Waals surface area (Å²) in [5.41, 5.74) is -0.999. The number of amides is 1. The molecular weight excluding hydrogens is 374 g/mol. The Labute approximate surface area is 158 Å². The van der Waals surface area contributed by atoms with Gasteiger partial charge < -0.3 is 10.1 Å². The maximum absolute atomic E-state index is 12.1. The molecule has 1 atom stereocenters. The minimum atomic E-state index is -3.82. The molecule has 0 saturated carbocycles. The lowest BCUT2D eigenvalue weighted by Crippen LogP contribution is -2.50. The second-order valence-electron chi connectivity index (χ2n) is 6.21. The van der Waals surface area contributed by atoms with Gasteiger partial charge in [0.1, 0.15) is 5.54 Å². The second-order valence-corrected chi connectivity index (χ2v) is 8.15. The van der Waals surface area contributed by atoms with Crippen LogP contribution in [0.3, 0.4) is 0 Å². The first-order valence-corrected chi connectivity index (χ1v) is 9.44. The number of sulfonamides is 1. The van der Waals surface area contributed by atoms with Gasteiger partial charge in [-0.25, -0.2) is 13.2 Å². The maximum atomic E-state index is 12.1. The highest BCUT2D eigenvalue weighted by atomic mass is 32.2. The standard InChI is InChI=1S/C17H23N3O6S/c1-12(2)17(3,11-18)19-15(21)10-26-16(22)13-6-8-14(9-7-13)27(23,24)20(4)25-5/h6-9,12H,10H2,1-5H3,(H,19,21)/t17-/m1/s1. The van der Waals surface area contributed by atoms with Crippen LogP contribution in [-0.4, -0.2) is 51.1 Å². The van der Waals surface area contributed by atoms with Crippen molar-refractivity contribution in [2.75, 3.05) is 20.8 Å². The number of ether oxygens (including phenoxy) is 1. The van der Waals surface area contributed by atoms with Crippen molar-refractivity contribution in [1.82, 2.24) is 9.79 Å². The molecule has 0 saturated heterocycles. The molecule has 0 radical (unpaired) electrons. The van der Waals surface area contributed by atoms with Crippen molar-refractivity contribution >= 4 is 21.9 Å². The fourth-order valence-corrected chi connectivity index (χ4v) is 2.82. The fraction of sp³-hybridized carbons (Fsp3) is 0.471. The molecule has 1 rings (SSSR count). The number of hydrogen-bond donors (Lipinski definition) is 1. The Balaban J connectivity index is 2.74. The van der Waals surface area contributed by atoms with Gasteiger partial charge in [-0.15, -0.1) is 0 Å². The zero-order valence-corrected chi connectivity index (χ0v) is 16.7. The van der Waals surface area contributed by atoms with Crippen molar-refractivity contribution in [1.29, 1.82) is 5.26 Å². The molecule has 1 amide bonds. The molecule has 1 aromatic rings. The Morgan fingerprint density at radius 3 is 2.30 bits per heavy atom. The van der Waals surface area contributed by atoms with E-state index in [9.17, 15) is 23.3 Å². The number of hydroxylamine groups is 1. The summed E-state index contributed by atoms with van der Waals surface area (Å²) in [4.78, 5) is 28.5. The van der Waals surface area contributed by atoms with Crippen LogP contribution in [0, 0.1) is 17.2 Å². The number of rotatable bonds is 8. The van der Waals surface area contributed by atoms with Crippen LogP contribution in [0.2, 0.25) is 0 Å². The largest absolute Gasteiger partial charge is 0.452 e. The zero-order chi connectivity index (χ0) is 20.8. The molecule has 27 heavy (non-hydrogen) atoms. The fourth-order valence-electron chi connectivity index (χ4n) is 1.85. The van der Waals surface area contributed by atoms with Gasteiger partial charge in [-0.3, -0.25) is 9.63 Å². The van der Waals surface area contributed by atoms with E-state index in [1.807, 2.05) is 6.07 Å². The van der Waals surface area contributed by atoms with Gasteiger partial charge in [0.15, 0.2) is 6.61 Å². The van der Waals surface area contributed by atoms with Crippen molar-refractivity contribution < 1.29 is 27.6 Å². The van der Waals surface area contributed by atoms with Crippen LogP contribution >= 0.6 is 0 Å². The first kappa shape index (κ1) is 22.6. The van der Waals surface area contributed by atoms with Gasteiger partial charge >= 0.3 is 5.97 Å². The van der Waals surface area contributed by atoms with Crippen molar-refractivity contribution in [3.8, 4) is 6.07 Å². The molecule has 9 nitrogen and oxygen atoms in total. The first-order chi connectivity index (χ1) is 12.5. The third-order valence-electron chi connectivity index (χ3n) is 4.10. The molecule has 0 aliphatic rings. The predicted molar refractivity (Wildman–Crippen MR) is 95.7 cm³/mol. The van der Waals surface area contributed by atoms with Crippen LogP contribution in [0.4, 0.5) is 0 Å². The lowest BCUT2D eigenvalue weighted by molar-refractivity contribution is -0.125. The predicted octanol–water partition coefficient (Wildman–Crippen LogP) is 1.08. The van der Waals surface area contributed by atoms with Crippen molar-refractivity contribution in [2.45, 2.75) is 31.2 Å². The van der Waals surface area contributed by atoms with E-state index in [-0.39, 0.29) is 16.4 Å². The molecule has 148 valence electrons. The van der Waals surface area contributed by atoms with Gasteiger partial charge in [0.2, 0.25) is 0 Å². The zero-order valence-electron chi connectivity index (χ0n) is 15.8. The van der Waals surface area contributed by atoms with Gasteiger partial charge in [-0.05, 0) is 37.1 Å². The monoisotopic (exact) mass is 397 g/mol. The quantitative estimate of drug-likeness (QED) is 0.514. The number of esters is 1. The van der Waals surface area contributed by atoms with Crippen LogP contribution in [0.5, 0.6) is 0 Å². The van der Waals surface area contributed by atoms with Crippen molar-refractivity contribution in [3.05, 3.63) is 29.8 Å². The van der Waals surface area contributed by atoms with Crippen LogP contribution < -0.4 is 5.32 Å². The number of carbonyl (C=O) groups excluding carboxylic acids is 2. The molecule has 0 heterocycles. The number of carbonyl (C=O) groups is 2. The molecule has 0 fully saturated rings. The molecule has 1 N–H and O–H groups in total. The SMILES string of the molecule is CON(C)S(=O)(=O)c1ccc(C(=O)OCC(=O)N[C@](C)(C#N)C(C)C)cc1. The van der Waals surface area contributed by atoms with E-state index < -0.39 is 34.0 Å². The van der Waals surface area contributed by atoms with E-state index >= 15 is 0 Å². The molecule has 0 spiro atoms. The van der Waals surface area contributed by atoms with Crippen LogP contribution in [0.1, 0.15) is 31.1 Å². The van der Waals surface area contributed by atoms with Crippen molar-refractivity contribution in [2.24, 2.45) is 5.92 Å². The second kappa shape index (κ2) is 8.94. The Bertz CT molecular complexity index is 829. The molecule has 0 aromatic heterocycles. The highest BCUT2D eigenvalue weighted by Gasteiger charge is 2.30. The minimum Gasteiger partial charge on any atom is -0.452 e. The Morgan fingerprint density at radius 1 is 1.30 bits per heavy atom. The average molecular weight is 397 g/mol. The summed E-state index contributed by atoms with van der Waals surface area (Å²) in [6.07, 6.45) is 0. The van der Waals surface area contributed by atoms with Crippen LogP contribution in [0.15, 0.2) is 29.2 Å². The lowest BCUT2D eigenvalue weighted by atomic mass is 9.90. The van der Waals surface area contributed by atoms with E-state index in [0.717, 1.165) is 0 Å². The van der Waals surface area contributed by atoms with Crippen molar-refractivity contribution in [3.63, 3.8) is 0 Å². The number of nitrogens with zero attached hydrogens (tertiary/aromatic N) is 2. The van der Waals surface area contributed by atoms with Gasteiger partial charge in [-0.1, -0.05) is 18.3 Å². The normalized spacial score (nSPS) is 13.7.